The zero-order valence-corrected chi connectivity index (χ0v) is 20.8. The van der Waals surface area contributed by atoms with Crippen LogP contribution in [-0.2, 0) is 16.0 Å². The Morgan fingerprint density at radius 2 is 1.92 bits per heavy atom. The quantitative estimate of drug-likeness (QED) is 0.411. The largest absolute Gasteiger partial charge is 0.508 e. The van der Waals surface area contributed by atoms with Gasteiger partial charge in [0.1, 0.15) is 11.5 Å². The van der Waals surface area contributed by atoms with Crippen molar-refractivity contribution in [3.8, 4) is 5.75 Å². The highest BCUT2D eigenvalue weighted by molar-refractivity contribution is 5.92. The molecule has 36 heavy (non-hydrogen) atoms. The summed E-state index contributed by atoms with van der Waals surface area (Å²) in [6, 6.07) is 6.25. The summed E-state index contributed by atoms with van der Waals surface area (Å²) in [6.45, 7) is 4.58. The van der Waals surface area contributed by atoms with Gasteiger partial charge in [0.05, 0.1) is 12.0 Å². The maximum Gasteiger partial charge on any atom is 0.273 e. The van der Waals surface area contributed by atoms with Gasteiger partial charge in [-0.05, 0) is 63.1 Å². The van der Waals surface area contributed by atoms with Gasteiger partial charge >= 0.3 is 0 Å². The molecule has 0 bridgehead atoms. The molecule has 2 heterocycles. The Bertz CT molecular complexity index is 1100. The van der Waals surface area contributed by atoms with Crippen LogP contribution >= 0.6 is 0 Å². The van der Waals surface area contributed by atoms with E-state index in [1.807, 2.05) is 6.07 Å². The molecule has 1 aromatic carbocycles. The number of aryl methyl sites for hydroxylation is 1. The van der Waals surface area contributed by atoms with Gasteiger partial charge in [0, 0.05) is 37.7 Å². The van der Waals surface area contributed by atoms with Crippen LogP contribution in [0, 0.1) is 12.8 Å². The molecule has 2 aliphatic rings. The minimum Gasteiger partial charge on any atom is -0.508 e. The Labute approximate surface area is 210 Å². The number of rotatable bonds is 9. The van der Waals surface area contributed by atoms with Gasteiger partial charge in [0.15, 0.2) is 5.69 Å². The van der Waals surface area contributed by atoms with Crippen molar-refractivity contribution in [2.45, 2.75) is 64.0 Å². The molecule has 1 aromatic heterocycles. The second-order valence-electron chi connectivity index (χ2n) is 10.0. The van der Waals surface area contributed by atoms with Crippen LogP contribution in [0.5, 0.6) is 5.75 Å². The molecular formula is C26H35N5O5. The summed E-state index contributed by atoms with van der Waals surface area (Å²) >= 11 is 0. The number of carbonyl (C=O) groups is 3. The van der Waals surface area contributed by atoms with E-state index in [2.05, 4.69) is 15.8 Å². The summed E-state index contributed by atoms with van der Waals surface area (Å²) in [6.07, 6.45) is 3.82. The van der Waals surface area contributed by atoms with Crippen molar-refractivity contribution in [1.29, 1.82) is 0 Å². The van der Waals surface area contributed by atoms with Crippen molar-refractivity contribution in [2.75, 3.05) is 19.6 Å². The van der Waals surface area contributed by atoms with Gasteiger partial charge in [-0.1, -0.05) is 17.3 Å². The van der Waals surface area contributed by atoms with Crippen LogP contribution in [0.4, 0.5) is 0 Å². The third-order valence-corrected chi connectivity index (χ3v) is 6.91. The average molecular weight is 498 g/mol. The number of hydrogen-bond acceptors (Lipinski definition) is 7. The van der Waals surface area contributed by atoms with E-state index >= 15 is 0 Å². The van der Waals surface area contributed by atoms with Crippen molar-refractivity contribution in [1.82, 2.24) is 20.7 Å². The smallest absolute Gasteiger partial charge is 0.273 e. The maximum atomic E-state index is 13.4. The van der Waals surface area contributed by atoms with E-state index in [1.54, 1.807) is 36.9 Å². The van der Waals surface area contributed by atoms with E-state index in [4.69, 9.17) is 10.3 Å². The molecule has 3 amide bonds. The van der Waals surface area contributed by atoms with Crippen molar-refractivity contribution in [3.05, 3.63) is 46.8 Å². The molecule has 1 saturated heterocycles. The zero-order chi connectivity index (χ0) is 25.8. The normalized spacial score (nSPS) is 17.9. The number of phenols is 1. The summed E-state index contributed by atoms with van der Waals surface area (Å²) in [5, 5.41) is 19.5. The Balaban J connectivity index is 1.34. The molecule has 194 valence electrons. The number of nitrogens with two attached hydrogens (primary N) is 1. The highest BCUT2D eigenvalue weighted by Crippen LogP contribution is 2.40. The Hall–Kier alpha value is -3.40. The number of hydrogen-bond donors (Lipinski definition) is 4. The maximum absolute atomic E-state index is 13.4. The van der Waals surface area contributed by atoms with Crippen LogP contribution in [0.25, 0.3) is 0 Å². The zero-order valence-electron chi connectivity index (χ0n) is 20.8. The number of phenolic OH excluding ortho intramolecular Hbond substituents is 1. The molecular weight excluding hydrogens is 462 g/mol. The minimum absolute atomic E-state index is 0.0546. The minimum atomic E-state index is -0.666. The third-order valence-electron chi connectivity index (χ3n) is 6.91. The van der Waals surface area contributed by atoms with Gasteiger partial charge in [0.25, 0.3) is 5.91 Å². The number of aromatic hydroxyl groups is 1. The molecule has 2 fully saturated rings. The molecule has 10 heteroatoms. The molecule has 4 rings (SSSR count). The van der Waals surface area contributed by atoms with Gasteiger partial charge in [-0.15, -0.1) is 0 Å². The monoisotopic (exact) mass is 497 g/mol. The van der Waals surface area contributed by atoms with Crippen molar-refractivity contribution < 1.29 is 24.0 Å². The molecule has 5 N–H and O–H groups in total. The average Bonchev–Trinajstić information content (AvgIpc) is 3.59. The number of likely N-dealkylation sites (tertiary alicyclic amines) is 1. The van der Waals surface area contributed by atoms with Crippen molar-refractivity contribution in [3.63, 3.8) is 0 Å². The van der Waals surface area contributed by atoms with Crippen LogP contribution < -0.4 is 16.4 Å². The number of amides is 3. The lowest BCUT2D eigenvalue weighted by Gasteiger charge is -2.34. The molecule has 0 spiro atoms. The van der Waals surface area contributed by atoms with Gasteiger partial charge < -0.3 is 30.9 Å². The first-order valence-electron chi connectivity index (χ1n) is 12.6. The standard InChI is InChI=1S/C26H35N5O5/c1-15-11-17(3-6-22(15)32)12-19(14-28-24(33)16(2)27)26(35)31-9-7-20(8-10-31)29-25(34)21-13-23(36-30-21)18-4-5-18/h3,6,11,13,16,18-20,32H,4-5,7-10,12,14,27H2,1-2H3,(H,28,33)(H,29,34)/t16-,19-/m1/s1. The van der Waals surface area contributed by atoms with E-state index in [-0.39, 0.29) is 36.1 Å². The van der Waals surface area contributed by atoms with Crippen LogP contribution in [0.2, 0.25) is 0 Å². The predicted octanol–water partition coefficient (Wildman–Crippen LogP) is 1.61. The molecule has 0 radical (unpaired) electrons. The highest BCUT2D eigenvalue weighted by Gasteiger charge is 2.31. The SMILES string of the molecule is Cc1cc(C[C@H](CNC(=O)[C@@H](C)N)C(=O)N2CCC(NC(=O)c3cc(C4CC4)on3)CC2)ccc1O. The van der Waals surface area contributed by atoms with E-state index in [9.17, 15) is 19.5 Å². The summed E-state index contributed by atoms with van der Waals surface area (Å²) in [5.41, 5.74) is 7.59. The lowest BCUT2D eigenvalue weighted by atomic mass is 9.94. The number of nitrogens with zero attached hydrogens (tertiary/aromatic N) is 2. The van der Waals surface area contributed by atoms with Crippen LogP contribution in [0.15, 0.2) is 28.8 Å². The molecule has 1 aliphatic heterocycles. The van der Waals surface area contributed by atoms with Gasteiger partial charge in [0.2, 0.25) is 11.8 Å². The lowest BCUT2D eigenvalue weighted by Crippen LogP contribution is -2.50. The van der Waals surface area contributed by atoms with Crippen LogP contribution in [0.3, 0.4) is 0 Å². The molecule has 2 aromatic rings. The second-order valence-corrected chi connectivity index (χ2v) is 10.0. The molecule has 1 saturated carbocycles. The van der Waals surface area contributed by atoms with Crippen LogP contribution in [-0.4, -0.2) is 64.6 Å². The molecule has 1 aliphatic carbocycles. The first-order chi connectivity index (χ1) is 17.2. The predicted molar refractivity (Wildman–Crippen MR) is 132 cm³/mol. The summed E-state index contributed by atoms with van der Waals surface area (Å²) in [4.78, 5) is 39.9. The van der Waals surface area contributed by atoms with Gasteiger partial charge in [-0.3, -0.25) is 14.4 Å². The summed E-state index contributed by atoms with van der Waals surface area (Å²) < 4.78 is 5.28. The van der Waals surface area contributed by atoms with Crippen LogP contribution in [0.1, 0.15) is 65.9 Å². The summed E-state index contributed by atoms with van der Waals surface area (Å²) in [5.74, 6) is 0.268. The molecule has 2 atom stereocenters. The number of carbonyl (C=O) groups excluding carboxylic acids is 3. The van der Waals surface area contributed by atoms with Crippen molar-refractivity contribution in [2.24, 2.45) is 11.7 Å². The highest BCUT2D eigenvalue weighted by atomic mass is 16.5. The van der Waals surface area contributed by atoms with E-state index in [0.29, 0.717) is 44.0 Å². The third kappa shape index (κ3) is 6.42. The number of benzene rings is 1. The Morgan fingerprint density at radius 3 is 2.56 bits per heavy atom. The van der Waals surface area contributed by atoms with E-state index in [1.165, 1.54) is 0 Å². The van der Waals surface area contributed by atoms with Gasteiger partial charge in [-0.25, -0.2) is 0 Å². The second kappa shape index (κ2) is 11.1. The van der Waals surface area contributed by atoms with Crippen molar-refractivity contribution >= 4 is 17.7 Å². The van der Waals surface area contributed by atoms with Gasteiger partial charge in [-0.2, -0.15) is 0 Å². The fourth-order valence-corrected chi connectivity index (χ4v) is 4.48. The topological polar surface area (TPSA) is 151 Å². The Morgan fingerprint density at radius 1 is 1.19 bits per heavy atom. The fourth-order valence-electron chi connectivity index (χ4n) is 4.48. The lowest BCUT2D eigenvalue weighted by molar-refractivity contribution is -0.136. The number of aromatic nitrogens is 1. The summed E-state index contributed by atoms with van der Waals surface area (Å²) in [7, 11) is 0. The Kier molecular flexibility index (Phi) is 7.93. The first kappa shape index (κ1) is 25.7. The number of nitrogens with one attached hydrogen (secondary N) is 2. The fraction of sp³-hybridized carbons (Fsp3) is 0.538. The van der Waals surface area contributed by atoms with E-state index in [0.717, 1.165) is 29.7 Å². The first-order valence-corrected chi connectivity index (χ1v) is 12.6. The number of piperidine rings is 1. The van der Waals surface area contributed by atoms with E-state index < -0.39 is 12.0 Å². The molecule has 0 unspecified atom stereocenters. The molecule has 10 nitrogen and oxygen atoms in total.